The van der Waals surface area contributed by atoms with Crippen LogP contribution >= 0.6 is 0 Å². The van der Waals surface area contributed by atoms with E-state index in [0.29, 0.717) is 29.9 Å². The number of hydrogen-bond acceptors (Lipinski definition) is 3. The molecule has 0 saturated carbocycles. The van der Waals surface area contributed by atoms with Crippen LogP contribution in [0, 0.1) is 5.41 Å². The van der Waals surface area contributed by atoms with Gasteiger partial charge in [-0.05, 0) is 37.1 Å². The molecule has 100 valence electrons. The van der Waals surface area contributed by atoms with E-state index in [-0.39, 0.29) is 11.8 Å². The molecule has 1 aromatic carbocycles. The molecule has 0 atom stereocenters. The zero-order valence-corrected chi connectivity index (χ0v) is 11.1. The number of rotatable bonds is 3. The van der Waals surface area contributed by atoms with Crippen LogP contribution in [-0.4, -0.2) is 17.6 Å². The van der Waals surface area contributed by atoms with Crippen LogP contribution in [0.25, 0.3) is 0 Å². The van der Waals surface area contributed by atoms with Crippen molar-refractivity contribution in [1.29, 1.82) is 0 Å². The van der Waals surface area contributed by atoms with E-state index in [1.54, 1.807) is 24.3 Å². The summed E-state index contributed by atoms with van der Waals surface area (Å²) in [4.78, 5) is 28.4. The lowest BCUT2D eigenvalue weighted by atomic mass is 9.79. The molecule has 0 aliphatic carbocycles. The third-order valence-electron chi connectivity index (χ3n) is 3.68. The fourth-order valence-electron chi connectivity index (χ4n) is 2.21. The molecule has 0 fully saturated rings. The van der Waals surface area contributed by atoms with E-state index in [9.17, 15) is 9.59 Å². The molecule has 2 amide bonds. The summed E-state index contributed by atoms with van der Waals surface area (Å²) in [7, 11) is 0. The predicted molar refractivity (Wildman–Crippen MR) is 73.6 cm³/mol. The zero-order valence-electron chi connectivity index (χ0n) is 11.1. The summed E-state index contributed by atoms with van der Waals surface area (Å²) in [6, 6.07) is 6.87. The number of carbonyl (C=O) groups excluding carboxylic acids is 2. The Morgan fingerprint density at radius 2 is 1.74 bits per heavy atom. The van der Waals surface area contributed by atoms with Crippen molar-refractivity contribution in [2.75, 3.05) is 5.73 Å². The molecular formula is C14H17N3O2. The van der Waals surface area contributed by atoms with Gasteiger partial charge in [-0.15, -0.1) is 0 Å². The Balaban J connectivity index is 2.39. The molecule has 1 heterocycles. The molecular weight excluding hydrogens is 242 g/mol. The Morgan fingerprint density at radius 3 is 2.21 bits per heavy atom. The van der Waals surface area contributed by atoms with Crippen molar-refractivity contribution in [2.45, 2.75) is 26.7 Å². The average molecular weight is 259 g/mol. The Morgan fingerprint density at radius 1 is 1.16 bits per heavy atom. The average Bonchev–Trinajstić information content (AvgIpc) is 2.40. The van der Waals surface area contributed by atoms with Crippen LogP contribution in [0.5, 0.6) is 0 Å². The molecule has 3 N–H and O–H groups in total. The Labute approximate surface area is 111 Å². The number of carbonyl (C=O) groups is 2. The molecule has 0 unspecified atom stereocenters. The number of aliphatic imine (C=N–C) groups is 1. The van der Waals surface area contributed by atoms with E-state index >= 15 is 0 Å². The van der Waals surface area contributed by atoms with Crippen LogP contribution in [0.2, 0.25) is 0 Å². The first-order valence-electron chi connectivity index (χ1n) is 6.34. The molecule has 5 heteroatoms. The van der Waals surface area contributed by atoms with E-state index in [1.165, 1.54) is 0 Å². The topological polar surface area (TPSA) is 84.6 Å². The first-order chi connectivity index (χ1) is 9.03. The maximum Gasteiger partial charge on any atom is 0.263 e. The van der Waals surface area contributed by atoms with Crippen LogP contribution in [0.3, 0.4) is 0 Å². The van der Waals surface area contributed by atoms with Crippen LogP contribution in [0.1, 0.15) is 32.3 Å². The molecule has 5 nitrogen and oxygen atoms in total. The first kappa shape index (κ1) is 13.3. The highest BCUT2D eigenvalue weighted by Crippen LogP contribution is 2.31. The number of amidine groups is 1. The smallest absolute Gasteiger partial charge is 0.263 e. The van der Waals surface area contributed by atoms with Crippen molar-refractivity contribution in [2.24, 2.45) is 10.4 Å². The third kappa shape index (κ3) is 2.12. The summed E-state index contributed by atoms with van der Waals surface area (Å²) >= 11 is 0. The molecule has 2 rings (SSSR count). The van der Waals surface area contributed by atoms with Gasteiger partial charge in [-0.25, -0.2) is 0 Å². The maximum absolute atomic E-state index is 12.2. The Kier molecular flexibility index (Phi) is 3.38. The van der Waals surface area contributed by atoms with Crippen LogP contribution < -0.4 is 11.1 Å². The number of anilines is 1. The highest BCUT2D eigenvalue weighted by atomic mass is 16.2. The summed E-state index contributed by atoms with van der Waals surface area (Å²) in [5.74, 6) is -0.343. The number of nitrogens with one attached hydrogen (secondary N) is 1. The van der Waals surface area contributed by atoms with Crippen molar-refractivity contribution >= 4 is 23.3 Å². The normalized spacial score (nSPS) is 17.9. The Bertz CT molecular complexity index is 542. The van der Waals surface area contributed by atoms with Crippen molar-refractivity contribution in [1.82, 2.24) is 5.32 Å². The van der Waals surface area contributed by atoms with E-state index in [1.807, 2.05) is 13.8 Å². The van der Waals surface area contributed by atoms with Gasteiger partial charge < -0.3 is 11.1 Å². The quantitative estimate of drug-likeness (QED) is 0.637. The van der Waals surface area contributed by atoms with Gasteiger partial charge in [0, 0.05) is 11.3 Å². The highest BCUT2D eigenvalue weighted by Gasteiger charge is 2.45. The van der Waals surface area contributed by atoms with Crippen LogP contribution in [-0.2, 0) is 9.59 Å². The largest absolute Gasteiger partial charge is 0.399 e. The van der Waals surface area contributed by atoms with Gasteiger partial charge in [-0.2, -0.15) is 4.99 Å². The number of hydrogen-bond donors (Lipinski definition) is 2. The lowest BCUT2D eigenvalue weighted by Gasteiger charge is -2.30. The highest BCUT2D eigenvalue weighted by molar-refractivity contribution is 6.22. The fraction of sp³-hybridized carbons (Fsp3) is 0.357. The van der Waals surface area contributed by atoms with Crippen molar-refractivity contribution in [3.05, 3.63) is 29.8 Å². The van der Waals surface area contributed by atoms with Gasteiger partial charge in [-0.1, -0.05) is 13.8 Å². The summed E-state index contributed by atoms with van der Waals surface area (Å²) in [5, 5.41) is 2.72. The second-order valence-corrected chi connectivity index (χ2v) is 4.63. The molecule has 0 aromatic heterocycles. The van der Waals surface area contributed by atoms with Gasteiger partial charge in [0.1, 0.15) is 11.3 Å². The number of nitrogens with zero attached hydrogens (tertiary/aromatic N) is 1. The van der Waals surface area contributed by atoms with E-state index in [0.717, 1.165) is 0 Å². The van der Waals surface area contributed by atoms with E-state index in [4.69, 9.17) is 5.73 Å². The third-order valence-corrected chi connectivity index (χ3v) is 3.68. The monoisotopic (exact) mass is 259 g/mol. The van der Waals surface area contributed by atoms with Crippen LogP contribution in [0.15, 0.2) is 29.3 Å². The van der Waals surface area contributed by atoms with Gasteiger partial charge >= 0.3 is 0 Å². The van der Waals surface area contributed by atoms with Crippen molar-refractivity contribution in [3.63, 3.8) is 0 Å². The minimum atomic E-state index is -1.02. The molecule has 0 radical (unpaired) electrons. The summed E-state index contributed by atoms with van der Waals surface area (Å²) < 4.78 is 0. The summed E-state index contributed by atoms with van der Waals surface area (Å²) in [5.41, 5.74) is 5.88. The molecule has 0 spiro atoms. The number of benzene rings is 1. The molecule has 1 aromatic rings. The number of nitrogen functional groups attached to an aromatic ring is 1. The first-order valence-corrected chi connectivity index (χ1v) is 6.34. The zero-order chi connectivity index (χ0) is 14.0. The molecule has 1 aliphatic rings. The van der Waals surface area contributed by atoms with Gasteiger partial charge in [0.15, 0.2) is 0 Å². The Hall–Kier alpha value is -2.17. The second kappa shape index (κ2) is 4.84. The lowest BCUT2D eigenvalue weighted by Crippen LogP contribution is -2.52. The number of nitrogens with two attached hydrogens (primary N) is 1. The molecule has 19 heavy (non-hydrogen) atoms. The number of amides is 2. The van der Waals surface area contributed by atoms with Gasteiger partial charge in [0.25, 0.3) is 5.91 Å². The maximum atomic E-state index is 12.2. The van der Waals surface area contributed by atoms with E-state index < -0.39 is 5.41 Å². The van der Waals surface area contributed by atoms with Crippen molar-refractivity contribution in [3.8, 4) is 0 Å². The minimum Gasteiger partial charge on any atom is -0.399 e. The molecule has 1 aliphatic heterocycles. The van der Waals surface area contributed by atoms with E-state index in [2.05, 4.69) is 10.3 Å². The van der Waals surface area contributed by atoms with Crippen LogP contribution in [0.4, 0.5) is 5.69 Å². The fourth-order valence-corrected chi connectivity index (χ4v) is 2.21. The second-order valence-electron chi connectivity index (χ2n) is 4.63. The summed E-state index contributed by atoms with van der Waals surface area (Å²) in [6.07, 6.45) is 0.902. The van der Waals surface area contributed by atoms with Gasteiger partial charge in [0.05, 0.1) is 0 Å². The summed E-state index contributed by atoms with van der Waals surface area (Å²) in [6.45, 7) is 3.65. The predicted octanol–water partition coefficient (Wildman–Crippen LogP) is 1.48. The van der Waals surface area contributed by atoms with Crippen molar-refractivity contribution < 1.29 is 9.59 Å². The van der Waals surface area contributed by atoms with Gasteiger partial charge in [0.2, 0.25) is 5.91 Å². The lowest BCUT2D eigenvalue weighted by molar-refractivity contribution is -0.142. The minimum absolute atomic E-state index is 0.274. The SMILES string of the molecule is CCC1(CC)C(=O)N=C(c2ccc(N)cc2)NC1=O. The standard InChI is InChI=1S/C14H17N3O2/c1-3-14(4-2)12(18)16-11(17-13(14)19)9-5-7-10(15)8-6-9/h5-8H,3-4,15H2,1-2H3,(H,16,17,18,19). The molecule has 0 saturated heterocycles. The molecule has 0 bridgehead atoms. The van der Waals surface area contributed by atoms with Gasteiger partial charge in [-0.3, -0.25) is 9.59 Å².